The highest BCUT2D eigenvalue weighted by Crippen LogP contribution is 2.26. The molecule has 0 aliphatic carbocycles. The maximum atomic E-state index is 9.10. The van der Waals surface area contributed by atoms with Gasteiger partial charge in [0.05, 0.1) is 0 Å². The highest BCUT2D eigenvalue weighted by molar-refractivity contribution is 9.10. The van der Waals surface area contributed by atoms with Gasteiger partial charge in [-0.15, -0.1) is 6.58 Å². The molecule has 0 fully saturated rings. The van der Waals surface area contributed by atoms with E-state index in [-0.39, 0.29) is 0 Å². The summed E-state index contributed by atoms with van der Waals surface area (Å²) in [7, 11) is 1.98. The van der Waals surface area contributed by atoms with Gasteiger partial charge in [-0.2, -0.15) is 0 Å². The van der Waals surface area contributed by atoms with Crippen molar-refractivity contribution in [1.29, 1.82) is 0 Å². The third-order valence-electron chi connectivity index (χ3n) is 3.11. The number of aromatic amines is 1. The lowest BCUT2D eigenvalue weighted by molar-refractivity contribution is -0.159. The van der Waals surface area contributed by atoms with E-state index in [4.69, 9.17) is 19.8 Å². The zero-order valence-electron chi connectivity index (χ0n) is 12.7. The summed E-state index contributed by atoms with van der Waals surface area (Å²) >= 11 is 3.51. The van der Waals surface area contributed by atoms with Gasteiger partial charge in [-0.1, -0.05) is 28.1 Å². The summed E-state index contributed by atoms with van der Waals surface area (Å²) in [5.41, 5.74) is 3.88. The molecule has 0 bridgehead atoms. The molecule has 0 radical (unpaired) electrons. The minimum absolute atomic E-state index is 0.894. The molecular formula is C16H19BrN2O4. The van der Waals surface area contributed by atoms with Crippen LogP contribution in [-0.2, 0) is 22.4 Å². The van der Waals surface area contributed by atoms with Crippen molar-refractivity contribution in [2.45, 2.75) is 12.8 Å². The minimum Gasteiger partial charge on any atom is -0.473 e. The van der Waals surface area contributed by atoms with Crippen molar-refractivity contribution < 1.29 is 19.8 Å². The first-order valence-corrected chi connectivity index (χ1v) is 7.70. The molecule has 1 heterocycles. The summed E-state index contributed by atoms with van der Waals surface area (Å²) in [5.74, 6) is -3.65. The molecule has 0 amide bonds. The monoisotopic (exact) mass is 382 g/mol. The van der Waals surface area contributed by atoms with Crippen LogP contribution in [0.25, 0.3) is 10.9 Å². The summed E-state index contributed by atoms with van der Waals surface area (Å²) in [5, 5.41) is 19.3. The SMILES string of the molecule is C=CCc1[nH]c2cc(Br)ccc2c1CCNC.O=C(O)C(=O)O. The lowest BCUT2D eigenvalue weighted by Crippen LogP contribution is -2.11. The first-order valence-electron chi connectivity index (χ1n) is 6.91. The van der Waals surface area contributed by atoms with E-state index in [0.717, 1.165) is 23.9 Å². The van der Waals surface area contributed by atoms with Crippen LogP contribution in [0, 0.1) is 0 Å². The van der Waals surface area contributed by atoms with Crippen LogP contribution in [0.3, 0.4) is 0 Å². The number of rotatable bonds is 5. The van der Waals surface area contributed by atoms with Crippen LogP contribution in [-0.4, -0.2) is 40.7 Å². The number of halogens is 1. The number of benzene rings is 1. The maximum Gasteiger partial charge on any atom is 0.414 e. The number of likely N-dealkylation sites (N-methyl/N-ethyl adjacent to an activating group) is 1. The summed E-state index contributed by atoms with van der Waals surface area (Å²) in [6.07, 6.45) is 3.88. The zero-order chi connectivity index (χ0) is 17.4. The fraction of sp³-hybridized carbons (Fsp3) is 0.250. The number of carboxylic acids is 2. The van der Waals surface area contributed by atoms with Crippen LogP contribution in [0.5, 0.6) is 0 Å². The summed E-state index contributed by atoms with van der Waals surface area (Å²) in [6, 6.07) is 6.40. The van der Waals surface area contributed by atoms with Crippen LogP contribution in [0.1, 0.15) is 11.3 Å². The molecule has 6 nitrogen and oxygen atoms in total. The van der Waals surface area contributed by atoms with Crippen molar-refractivity contribution in [1.82, 2.24) is 10.3 Å². The van der Waals surface area contributed by atoms with Crippen molar-refractivity contribution in [3.8, 4) is 0 Å². The fourth-order valence-electron chi connectivity index (χ4n) is 2.14. The van der Waals surface area contributed by atoms with E-state index >= 15 is 0 Å². The highest BCUT2D eigenvalue weighted by atomic mass is 79.9. The minimum atomic E-state index is -1.82. The molecule has 1 aromatic carbocycles. The van der Waals surface area contributed by atoms with E-state index < -0.39 is 11.9 Å². The van der Waals surface area contributed by atoms with E-state index in [1.807, 2.05) is 13.1 Å². The molecule has 2 aromatic rings. The van der Waals surface area contributed by atoms with Crippen LogP contribution < -0.4 is 5.32 Å². The third-order valence-corrected chi connectivity index (χ3v) is 3.61. The summed E-state index contributed by atoms with van der Waals surface area (Å²) in [4.78, 5) is 21.7. The molecule has 0 spiro atoms. The van der Waals surface area contributed by atoms with Gasteiger partial charge in [0.25, 0.3) is 0 Å². The van der Waals surface area contributed by atoms with Gasteiger partial charge >= 0.3 is 11.9 Å². The number of nitrogens with one attached hydrogen (secondary N) is 2. The number of carbonyl (C=O) groups is 2. The van der Waals surface area contributed by atoms with E-state index in [9.17, 15) is 0 Å². The van der Waals surface area contributed by atoms with Gasteiger partial charge in [0.1, 0.15) is 0 Å². The molecule has 23 heavy (non-hydrogen) atoms. The van der Waals surface area contributed by atoms with Gasteiger partial charge in [0.15, 0.2) is 0 Å². The molecule has 7 heteroatoms. The Morgan fingerprint density at radius 1 is 1.35 bits per heavy atom. The second-order valence-corrected chi connectivity index (χ2v) is 5.64. The van der Waals surface area contributed by atoms with Gasteiger partial charge in [0.2, 0.25) is 0 Å². The molecule has 0 unspecified atom stereocenters. The van der Waals surface area contributed by atoms with Crippen LogP contribution in [0.15, 0.2) is 35.3 Å². The molecule has 0 saturated carbocycles. The fourth-order valence-corrected chi connectivity index (χ4v) is 2.50. The third kappa shape index (κ3) is 5.54. The predicted octanol–water partition coefficient (Wildman–Crippen LogP) is 2.58. The number of hydrogen-bond acceptors (Lipinski definition) is 3. The molecule has 0 aliphatic heterocycles. The number of carboxylic acid groups (broad SMARTS) is 2. The van der Waals surface area contributed by atoms with Crippen molar-refractivity contribution >= 4 is 38.8 Å². The summed E-state index contributed by atoms with van der Waals surface area (Å²) < 4.78 is 1.11. The average molecular weight is 383 g/mol. The van der Waals surface area contributed by atoms with Gasteiger partial charge < -0.3 is 20.5 Å². The lowest BCUT2D eigenvalue weighted by Gasteiger charge is -2.02. The first-order chi connectivity index (χ1) is 10.9. The Bertz CT molecular complexity index is 697. The number of aromatic nitrogens is 1. The molecule has 4 N–H and O–H groups in total. The second kappa shape index (κ2) is 9.12. The molecule has 0 saturated heterocycles. The number of hydrogen-bond donors (Lipinski definition) is 4. The van der Waals surface area contributed by atoms with Gasteiger partial charge in [0, 0.05) is 27.5 Å². The Hall–Kier alpha value is -2.12. The largest absolute Gasteiger partial charge is 0.473 e. The first kappa shape index (κ1) is 18.9. The standard InChI is InChI=1S/C14H17BrN2.C2H2O4/c1-3-4-13-12(7-8-16-2)11-6-5-10(15)9-14(11)17-13;3-1(4)2(5)6/h3,5-6,9,16-17H,1,4,7-8H2,2H3;(H,3,4)(H,5,6). The van der Waals surface area contributed by atoms with Crippen LogP contribution >= 0.6 is 15.9 Å². The number of allylic oxidation sites excluding steroid dienone is 1. The predicted molar refractivity (Wildman–Crippen MR) is 92.8 cm³/mol. The quantitative estimate of drug-likeness (QED) is 0.470. The Kier molecular flexibility index (Phi) is 7.50. The normalized spacial score (nSPS) is 10.0. The molecule has 0 aliphatic rings. The van der Waals surface area contributed by atoms with Gasteiger partial charge in [-0.25, -0.2) is 9.59 Å². The van der Waals surface area contributed by atoms with E-state index in [1.165, 1.54) is 22.2 Å². The Morgan fingerprint density at radius 2 is 2.00 bits per heavy atom. The van der Waals surface area contributed by atoms with Crippen molar-refractivity contribution in [3.63, 3.8) is 0 Å². The number of fused-ring (bicyclic) bond motifs is 1. The lowest BCUT2D eigenvalue weighted by atomic mass is 10.1. The Labute approximate surface area is 142 Å². The van der Waals surface area contributed by atoms with Gasteiger partial charge in [-0.3, -0.25) is 0 Å². The maximum absolute atomic E-state index is 9.10. The smallest absolute Gasteiger partial charge is 0.414 e. The van der Waals surface area contributed by atoms with Crippen LogP contribution in [0.4, 0.5) is 0 Å². The molecule has 0 atom stereocenters. The van der Waals surface area contributed by atoms with Crippen molar-refractivity contribution in [3.05, 3.63) is 46.6 Å². The van der Waals surface area contributed by atoms with Crippen LogP contribution in [0.2, 0.25) is 0 Å². The second-order valence-electron chi connectivity index (χ2n) is 4.73. The zero-order valence-corrected chi connectivity index (χ0v) is 14.3. The molecule has 124 valence electrons. The molecular weight excluding hydrogens is 364 g/mol. The highest BCUT2D eigenvalue weighted by Gasteiger charge is 2.10. The van der Waals surface area contributed by atoms with Gasteiger partial charge in [-0.05, 0) is 37.7 Å². The number of H-pyrrole nitrogens is 1. The van der Waals surface area contributed by atoms with E-state index in [2.05, 4.69) is 51.0 Å². The molecule has 1 aromatic heterocycles. The average Bonchev–Trinajstić information content (AvgIpc) is 2.82. The van der Waals surface area contributed by atoms with E-state index in [1.54, 1.807) is 0 Å². The Morgan fingerprint density at radius 3 is 2.52 bits per heavy atom. The molecule has 2 rings (SSSR count). The van der Waals surface area contributed by atoms with Crippen molar-refractivity contribution in [2.24, 2.45) is 0 Å². The summed E-state index contributed by atoms with van der Waals surface area (Å²) in [6.45, 7) is 4.81. The Balaban J connectivity index is 0.000000379. The van der Waals surface area contributed by atoms with E-state index in [0.29, 0.717) is 0 Å². The van der Waals surface area contributed by atoms with Crippen molar-refractivity contribution in [2.75, 3.05) is 13.6 Å². The number of aliphatic carboxylic acids is 2. The topological polar surface area (TPSA) is 102 Å².